The molecule has 2 heterocycles. The normalized spacial score (nSPS) is 26.1. The number of likely N-dealkylation sites (tertiary alicyclic amines) is 1. The van der Waals surface area contributed by atoms with Gasteiger partial charge in [0.15, 0.2) is 5.82 Å². The minimum Gasteiger partial charge on any atom is -0.444 e. The van der Waals surface area contributed by atoms with E-state index in [4.69, 9.17) is 15.0 Å². The fourth-order valence-corrected chi connectivity index (χ4v) is 2.63. The third kappa shape index (κ3) is 3.40. The Bertz CT molecular complexity index is 547. The molecule has 1 aromatic rings. The average Bonchev–Trinajstić information content (AvgIpc) is 3.16. The van der Waals surface area contributed by atoms with Gasteiger partial charge in [0.25, 0.3) is 0 Å². The topological polar surface area (TPSA) is 94.5 Å². The number of rotatable bonds is 2. The molecule has 7 nitrogen and oxygen atoms in total. The lowest BCUT2D eigenvalue weighted by Crippen LogP contribution is -2.49. The second kappa shape index (κ2) is 5.53. The number of carbonyl (C=O) groups excluding carboxylic acids is 1. The molecule has 122 valence electrons. The minimum absolute atomic E-state index is 0.0776. The Kier molecular flexibility index (Phi) is 3.84. The fraction of sp³-hybridized carbons (Fsp3) is 0.800. The molecule has 2 aliphatic rings. The molecule has 1 amide bonds. The zero-order chi connectivity index (χ0) is 15.9. The molecule has 0 bridgehead atoms. The molecular weight excluding hydrogens is 284 g/mol. The number of nitrogens with two attached hydrogens (primary N) is 1. The van der Waals surface area contributed by atoms with Crippen molar-refractivity contribution in [2.45, 2.75) is 63.5 Å². The number of hydrogen-bond acceptors (Lipinski definition) is 6. The molecule has 2 fully saturated rings. The van der Waals surface area contributed by atoms with E-state index in [1.165, 1.54) is 0 Å². The van der Waals surface area contributed by atoms with Crippen LogP contribution in [0.3, 0.4) is 0 Å². The average molecular weight is 308 g/mol. The Morgan fingerprint density at radius 3 is 2.73 bits per heavy atom. The SMILES string of the molecule is CC(C)(C)OC(=O)N1CC[C@H](N)[C@H](c2nc(C3CC3)no2)C1. The van der Waals surface area contributed by atoms with Crippen molar-refractivity contribution in [3.8, 4) is 0 Å². The first kappa shape index (κ1) is 15.3. The summed E-state index contributed by atoms with van der Waals surface area (Å²) in [6, 6.07) is -0.0776. The summed E-state index contributed by atoms with van der Waals surface area (Å²) < 4.78 is 10.8. The fourth-order valence-electron chi connectivity index (χ4n) is 2.63. The quantitative estimate of drug-likeness (QED) is 0.898. The number of hydrogen-bond donors (Lipinski definition) is 1. The molecule has 1 aliphatic heterocycles. The number of ether oxygens (including phenoxy) is 1. The van der Waals surface area contributed by atoms with Gasteiger partial charge in [0, 0.05) is 25.0 Å². The monoisotopic (exact) mass is 308 g/mol. The maximum Gasteiger partial charge on any atom is 0.410 e. The van der Waals surface area contributed by atoms with E-state index >= 15 is 0 Å². The van der Waals surface area contributed by atoms with Crippen molar-refractivity contribution in [1.29, 1.82) is 0 Å². The van der Waals surface area contributed by atoms with Crippen LogP contribution in [0, 0.1) is 0 Å². The summed E-state index contributed by atoms with van der Waals surface area (Å²) in [5.41, 5.74) is 5.69. The second-order valence-corrected chi connectivity index (χ2v) is 7.25. The van der Waals surface area contributed by atoms with Gasteiger partial charge in [-0.2, -0.15) is 4.98 Å². The van der Waals surface area contributed by atoms with E-state index in [0.717, 1.165) is 18.7 Å². The number of amides is 1. The first-order valence-electron chi connectivity index (χ1n) is 7.90. The lowest BCUT2D eigenvalue weighted by Gasteiger charge is -2.35. The number of aromatic nitrogens is 2. The number of piperidine rings is 1. The lowest BCUT2D eigenvalue weighted by atomic mass is 9.93. The van der Waals surface area contributed by atoms with Crippen LogP contribution in [0.15, 0.2) is 4.52 Å². The van der Waals surface area contributed by atoms with Crippen molar-refractivity contribution < 1.29 is 14.1 Å². The summed E-state index contributed by atoms with van der Waals surface area (Å²) >= 11 is 0. The van der Waals surface area contributed by atoms with Crippen molar-refractivity contribution in [3.63, 3.8) is 0 Å². The van der Waals surface area contributed by atoms with Gasteiger partial charge in [-0.05, 0) is 40.0 Å². The lowest BCUT2D eigenvalue weighted by molar-refractivity contribution is 0.0175. The van der Waals surface area contributed by atoms with E-state index in [-0.39, 0.29) is 18.1 Å². The van der Waals surface area contributed by atoms with E-state index < -0.39 is 5.60 Å². The van der Waals surface area contributed by atoms with Crippen LogP contribution in [-0.4, -0.2) is 45.9 Å². The Balaban J connectivity index is 1.68. The van der Waals surface area contributed by atoms with Crippen molar-refractivity contribution in [2.24, 2.45) is 5.73 Å². The predicted octanol–water partition coefficient (Wildman–Crippen LogP) is 2.00. The van der Waals surface area contributed by atoms with Gasteiger partial charge in [-0.15, -0.1) is 0 Å². The molecule has 1 saturated heterocycles. The van der Waals surface area contributed by atoms with Crippen molar-refractivity contribution >= 4 is 6.09 Å². The Morgan fingerprint density at radius 1 is 1.36 bits per heavy atom. The van der Waals surface area contributed by atoms with Crippen LogP contribution in [-0.2, 0) is 4.74 Å². The molecule has 0 radical (unpaired) electrons. The van der Waals surface area contributed by atoms with E-state index in [9.17, 15) is 4.79 Å². The highest BCUT2D eigenvalue weighted by Gasteiger charge is 2.37. The van der Waals surface area contributed by atoms with Crippen LogP contribution in [0.4, 0.5) is 4.79 Å². The highest BCUT2D eigenvalue weighted by Crippen LogP contribution is 2.39. The summed E-state index contributed by atoms with van der Waals surface area (Å²) in [6.45, 7) is 6.63. The van der Waals surface area contributed by atoms with Gasteiger partial charge in [0.1, 0.15) is 5.60 Å². The minimum atomic E-state index is -0.504. The van der Waals surface area contributed by atoms with Crippen LogP contribution in [0.1, 0.15) is 63.6 Å². The first-order chi connectivity index (χ1) is 10.3. The van der Waals surface area contributed by atoms with Gasteiger partial charge in [0.05, 0.1) is 5.92 Å². The zero-order valence-electron chi connectivity index (χ0n) is 13.4. The molecule has 3 rings (SSSR count). The standard InChI is InChI=1S/C15H24N4O3/c1-15(2,3)21-14(20)19-7-6-11(16)10(8-19)13-17-12(18-22-13)9-4-5-9/h9-11H,4-8,16H2,1-3H3/t10-,11+/m1/s1. The summed E-state index contributed by atoms with van der Waals surface area (Å²) in [5, 5.41) is 4.04. The molecule has 22 heavy (non-hydrogen) atoms. The maximum absolute atomic E-state index is 12.2. The summed E-state index contributed by atoms with van der Waals surface area (Å²) in [4.78, 5) is 18.4. The van der Waals surface area contributed by atoms with Crippen LogP contribution < -0.4 is 5.73 Å². The van der Waals surface area contributed by atoms with Crippen LogP contribution >= 0.6 is 0 Å². The summed E-state index contributed by atoms with van der Waals surface area (Å²) in [5.74, 6) is 1.64. The molecule has 1 aromatic heterocycles. The number of nitrogens with zero attached hydrogens (tertiary/aromatic N) is 3. The molecule has 2 atom stereocenters. The van der Waals surface area contributed by atoms with E-state index in [1.807, 2.05) is 20.8 Å². The third-order valence-corrected chi connectivity index (χ3v) is 4.04. The molecule has 0 aromatic carbocycles. The van der Waals surface area contributed by atoms with Gasteiger partial charge in [-0.1, -0.05) is 5.16 Å². The van der Waals surface area contributed by atoms with Crippen LogP contribution in [0.5, 0.6) is 0 Å². The first-order valence-corrected chi connectivity index (χ1v) is 7.90. The Hall–Kier alpha value is -1.63. The van der Waals surface area contributed by atoms with Gasteiger partial charge >= 0.3 is 6.09 Å². The van der Waals surface area contributed by atoms with Crippen molar-refractivity contribution in [1.82, 2.24) is 15.0 Å². The summed E-state index contributed by atoms with van der Waals surface area (Å²) in [6.07, 6.45) is 2.64. The van der Waals surface area contributed by atoms with E-state index in [1.54, 1.807) is 4.90 Å². The van der Waals surface area contributed by atoms with Crippen LogP contribution in [0.25, 0.3) is 0 Å². The van der Waals surface area contributed by atoms with Crippen LogP contribution in [0.2, 0.25) is 0 Å². The zero-order valence-corrected chi connectivity index (χ0v) is 13.4. The van der Waals surface area contributed by atoms with E-state index in [2.05, 4.69) is 10.1 Å². The molecule has 0 spiro atoms. The van der Waals surface area contributed by atoms with Gasteiger partial charge in [-0.25, -0.2) is 4.79 Å². The maximum atomic E-state index is 12.2. The predicted molar refractivity (Wildman–Crippen MR) is 79.4 cm³/mol. The van der Waals surface area contributed by atoms with Crippen molar-refractivity contribution in [2.75, 3.05) is 13.1 Å². The number of carbonyl (C=O) groups is 1. The highest BCUT2D eigenvalue weighted by atomic mass is 16.6. The molecule has 2 N–H and O–H groups in total. The smallest absolute Gasteiger partial charge is 0.410 e. The molecule has 1 aliphatic carbocycles. The second-order valence-electron chi connectivity index (χ2n) is 7.25. The van der Waals surface area contributed by atoms with Gasteiger partial charge < -0.3 is 19.9 Å². The Labute approximate surface area is 130 Å². The van der Waals surface area contributed by atoms with Gasteiger partial charge in [-0.3, -0.25) is 0 Å². The molecule has 0 unspecified atom stereocenters. The van der Waals surface area contributed by atoms with Gasteiger partial charge in [0.2, 0.25) is 5.89 Å². The van der Waals surface area contributed by atoms with Crippen molar-refractivity contribution in [3.05, 3.63) is 11.7 Å². The summed E-state index contributed by atoms with van der Waals surface area (Å²) in [7, 11) is 0. The Morgan fingerprint density at radius 2 is 2.09 bits per heavy atom. The molecular formula is C15H24N4O3. The molecule has 7 heteroatoms. The van der Waals surface area contributed by atoms with E-state index in [0.29, 0.717) is 31.3 Å². The highest BCUT2D eigenvalue weighted by molar-refractivity contribution is 5.68. The third-order valence-electron chi connectivity index (χ3n) is 4.04. The molecule has 1 saturated carbocycles. The largest absolute Gasteiger partial charge is 0.444 e.